The molecule has 1 fully saturated rings. The van der Waals surface area contributed by atoms with Gasteiger partial charge in [0, 0.05) is 6.42 Å². The van der Waals surface area contributed by atoms with Gasteiger partial charge >= 0.3 is 5.97 Å². The van der Waals surface area contributed by atoms with E-state index in [2.05, 4.69) is 15.4 Å². The fraction of sp³-hybridized carbons (Fsp3) is 0.692. The van der Waals surface area contributed by atoms with Crippen LogP contribution in [0.3, 0.4) is 0 Å². The van der Waals surface area contributed by atoms with Crippen LogP contribution in [0.2, 0.25) is 0 Å². The Hall–Kier alpha value is -1.92. The lowest BCUT2D eigenvalue weighted by molar-refractivity contribution is -0.148. The number of amides is 1. The molecule has 0 atom stereocenters. The molecule has 0 spiro atoms. The van der Waals surface area contributed by atoms with Gasteiger partial charge < -0.3 is 10.4 Å². The lowest BCUT2D eigenvalue weighted by Gasteiger charge is -2.29. The number of aliphatic carboxylic acids is 1. The Morgan fingerprint density at radius 2 is 1.95 bits per heavy atom. The normalized spacial score (nSPS) is 18.2. The van der Waals surface area contributed by atoms with Crippen molar-refractivity contribution in [3.8, 4) is 0 Å². The highest BCUT2D eigenvalue weighted by molar-refractivity contribution is 5.87. The highest BCUT2D eigenvalue weighted by atomic mass is 16.4. The van der Waals surface area contributed by atoms with Gasteiger partial charge in [0.1, 0.15) is 18.2 Å². The van der Waals surface area contributed by atoms with E-state index in [0.717, 1.165) is 25.7 Å². The van der Waals surface area contributed by atoms with Gasteiger partial charge in [0.15, 0.2) is 0 Å². The van der Waals surface area contributed by atoms with Crippen LogP contribution in [-0.4, -0.2) is 37.3 Å². The first-order chi connectivity index (χ1) is 9.62. The van der Waals surface area contributed by atoms with Crippen molar-refractivity contribution in [2.75, 3.05) is 0 Å². The maximum atomic E-state index is 12.0. The number of aryl methyl sites for hydroxylation is 1. The molecular weight excluding hydrogens is 260 g/mol. The first-order valence-electron chi connectivity index (χ1n) is 6.99. The lowest BCUT2D eigenvalue weighted by atomic mass is 9.90. The molecule has 7 heteroatoms. The minimum atomic E-state index is -1.09. The van der Waals surface area contributed by atoms with Gasteiger partial charge in [-0.2, -0.15) is 5.10 Å². The molecule has 0 aromatic carbocycles. The van der Waals surface area contributed by atoms with E-state index in [9.17, 15) is 14.7 Å². The second-order valence-electron chi connectivity index (χ2n) is 5.26. The predicted molar refractivity (Wildman–Crippen MR) is 70.9 cm³/mol. The van der Waals surface area contributed by atoms with Gasteiger partial charge in [0.05, 0.1) is 6.54 Å². The monoisotopic (exact) mass is 280 g/mol. The summed E-state index contributed by atoms with van der Waals surface area (Å²) in [5.74, 6) is -1.17. The second-order valence-corrected chi connectivity index (χ2v) is 5.26. The molecule has 1 aliphatic carbocycles. The number of carbonyl (C=O) groups excluding carboxylic acids is 1. The summed E-state index contributed by atoms with van der Waals surface area (Å²) in [4.78, 5) is 27.3. The number of rotatable bonds is 5. The number of carbonyl (C=O) groups is 2. The molecule has 110 valence electrons. The summed E-state index contributed by atoms with van der Waals surface area (Å²) < 4.78 is 1.56. The SMILES string of the molecule is O=C(CCn1cncn1)NC1(C(=O)O)CCCCCC1. The third-order valence-electron chi connectivity index (χ3n) is 3.78. The summed E-state index contributed by atoms with van der Waals surface area (Å²) in [6.45, 7) is 0.404. The molecule has 0 unspecified atom stereocenters. The topological polar surface area (TPSA) is 97.1 Å². The Labute approximate surface area is 117 Å². The Bertz CT molecular complexity index is 450. The first kappa shape index (κ1) is 14.5. The number of carboxylic acids is 1. The lowest BCUT2D eigenvalue weighted by Crippen LogP contribution is -2.54. The van der Waals surface area contributed by atoms with Crippen molar-refractivity contribution in [2.24, 2.45) is 0 Å². The summed E-state index contributed by atoms with van der Waals surface area (Å²) >= 11 is 0. The molecule has 7 nitrogen and oxygen atoms in total. The van der Waals surface area contributed by atoms with E-state index in [1.165, 1.54) is 12.7 Å². The summed E-state index contributed by atoms with van der Waals surface area (Å²) in [5.41, 5.74) is -1.09. The fourth-order valence-electron chi connectivity index (χ4n) is 2.62. The molecular formula is C13H20N4O3. The van der Waals surface area contributed by atoms with E-state index < -0.39 is 11.5 Å². The molecule has 20 heavy (non-hydrogen) atoms. The predicted octanol–water partition coefficient (Wildman–Crippen LogP) is 0.962. The van der Waals surface area contributed by atoms with Crippen LogP contribution in [0, 0.1) is 0 Å². The smallest absolute Gasteiger partial charge is 0.329 e. The first-order valence-corrected chi connectivity index (χ1v) is 6.99. The molecule has 1 heterocycles. The Morgan fingerprint density at radius 1 is 1.25 bits per heavy atom. The van der Waals surface area contributed by atoms with Crippen LogP contribution in [0.5, 0.6) is 0 Å². The van der Waals surface area contributed by atoms with Crippen molar-refractivity contribution < 1.29 is 14.7 Å². The zero-order valence-corrected chi connectivity index (χ0v) is 11.4. The Kier molecular flexibility index (Phi) is 4.70. The largest absolute Gasteiger partial charge is 0.480 e. The summed E-state index contributed by atoms with van der Waals surface area (Å²) in [5, 5.41) is 16.1. The molecule has 0 radical (unpaired) electrons. The van der Waals surface area contributed by atoms with Gasteiger partial charge in [-0.15, -0.1) is 0 Å². The van der Waals surface area contributed by atoms with Gasteiger partial charge in [-0.3, -0.25) is 9.48 Å². The van der Waals surface area contributed by atoms with E-state index in [0.29, 0.717) is 19.4 Å². The minimum absolute atomic E-state index is 0.207. The molecule has 1 aromatic rings. The Balaban J connectivity index is 1.93. The van der Waals surface area contributed by atoms with Gasteiger partial charge in [-0.05, 0) is 12.8 Å². The standard InChI is InChI=1S/C13H20N4O3/c18-11(5-8-17-10-14-9-15-17)16-13(12(19)20)6-3-1-2-4-7-13/h9-10H,1-8H2,(H,16,18)(H,19,20). The van der Waals surface area contributed by atoms with Gasteiger partial charge in [0.25, 0.3) is 0 Å². The molecule has 2 rings (SSSR count). The molecule has 1 aliphatic rings. The zero-order valence-electron chi connectivity index (χ0n) is 11.4. The van der Waals surface area contributed by atoms with Crippen molar-refractivity contribution in [3.05, 3.63) is 12.7 Å². The van der Waals surface area contributed by atoms with Gasteiger partial charge in [0.2, 0.25) is 5.91 Å². The molecule has 0 saturated heterocycles. The van der Waals surface area contributed by atoms with Gasteiger partial charge in [-0.25, -0.2) is 9.78 Å². The third kappa shape index (κ3) is 3.55. The summed E-state index contributed by atoms with van der Waals surface area (Å²) in [6, 6.07) is 0. The van der Waals surface area contributed by atoms with Crippen molar-refractivity contribution in [3.63, 3.8) is 0 Å². The molecule has 0 aliphatic heterocycles. The van der Waals surface area contributed by atoms with Crippen molar-refractivity contribution in [1.82, 2.24) is 20.1 Å². The quantitative estimate of drug-likeness (QED) is 0.783. The molecule has 0 bridgehead atoms. The number of nitrogens with one attached hydrogen (secondary N) is 1. The molecule has 1 amide bonds. The van der Waals surface area contributed by atoms with Crippen LogP contribution < -0.4 is 5.32 Å². The average molecular weight is 280 g/mol. The van der Waals surface area contributed by atoms with Crippen LogP contribution in [0.4, 0.5) is 0 Å². The molecule has 1 saturated carbocycles. The number of nitrogens with zero attached hydrogens (tertiary/aromatic N) is 3. The number of aromatic nitrogens is 3. The van der Waals surface area contributed by atoms with E-state index in [-0.39, 0.29) is 12.3 Å². The fourth-order valence-corrected chi connectivity index (χ4v) is 2.62. The maximum absolute atomic E-state index is 12.0. The highest BCUT2D eigenvalue weighted by Crippen LogP contribution is 2.27. The van der Waals surface area contributed by atoms with Crippen LogP contribution >= 0.6 is 0 Å². The summed E-state index contributed by atoms with van der Waals surface area (Å²) in [7, 11) is 0. The summed E-state index contributed by atoms with van der Waals surface area (Å²) in [6.07, 6.45) is 7.92. The van der Waals surface area contributed by atoms with Crippen molar-refractivity contribution >= 4 is 11.9 Å². The van der Waals surface area contributed by atoms with Crippen LogP contribution in [0.25, 0.3) is 0 Å². The average Bonchev–Trinajstić information content (AvgIpc) is 2.82. The maximum Gasteiger partial charge on any atom is 0.329 e. The highest BCUT2D eigenvalue weighted by Gasteiger charge is 2.39. The third-order valence-corrected chi connectivity index (χ3v) is 3.78. The number of hydrogen-bond acceptors (Lipinski definition) is 4. The number of hydrogen-bond donors (Lipinski definition) is 2. The second kappa shape index (κ2) is 6.49. The van der Waals surface area contributed by atoms with Crippen LogP contribution in [-0.2, 0) is 16.1 Å². The van der Waals surface area contributed by atoms with E-state index in [4.69, 9.17) is 0 Å². The van der Waals surface area contributed by atoms with Crippen molar-refractivity contribution in [1.29, 1.82) is 0 Å². The van der Waals surface area contributed by atoms with E-state index >= 15 is 0 Å². The number of carboxylic acid groups (broad SMARTS) is 1. The minimum Gasteiger partial charge on any atom is -0.480 e. The molecule has 1 aromatic heterocycles. The van der Waals surface area contributed by atoms with Crippen molar-refractivity contribution in [2.45, 2.75) is 57.0 Å². The zero-order chi connectivity index (χ0) is 14.4. The van der Waals surface area contributed by atoms with Gasteiger partial charge in [-0.1, -0.05) is 25.7 Å². The van der Waals surface area contributed by atoms with E-state index in [1.807, 2.05) is 0 Å². The van der Waals surface area contributed by atoms with E-state index in [1.54, 1.807) is 4.68 Å². The molecule has 2 N–H and O–H groups in total. The Morgan fingerprint density at radius 3 is 2.50 bits per heavy atom. The van der Waals surface area contributed by atoms with Crippen LogP contribution in [0.1, 0.15) is 44.9 Å². The van der Waals surface area contributed by atoms with Crippen LogP contribution in [0.15, 0.2) is 12.7 Å².